The van der Waals surface area contributed by atoms with Crippen LogP contribution in [0.5, 0.6) is 0 Å². The average molecular weight is 256 g/mol. The minimum atomic E-state index is -1.76. The van der Waals surface area contributed by atoms with Crippen LogP contribution < -0.4 is 0 Å². The van der Waals surface area contributed by atoms with E-state index in [1.54, 1.807) is 0 Å². The molecule has 17 heavy (non-hydrogen) atoms. The fourth-order valence-corrected chi connectivity index (χ4v) is 2.86. The summed E-state index contributed by atoms with van der Waals surface area (Å²) in [7, 11) is -1.76. The first kappa shape index (κ1) is 16.6. The van der Waals surface area contributed by atoms with Crippen molar-refractivity contribution in [2.45, 2.75) is 64.8 Å². The number of carbonyl (C=O) groups excluding carboxylic acids is 1. The molecule has 2 atom stereocenters. The molecule has 0 amide bonds. The highest BCUT2D eigenvalue weighted by atomic mass is 28.4. The predicted molar refractivity (Wildman–Crippen MR) is 76.7 cm³/mol. The van der Waals surface area contributed by atoms with Gasteiger partial charge in [-0.25, -0.2) is 0 Å². The van der Waals surface area contributed by atoms with E-state index in [0.717, 1.165) is 12.7 Å². The predicted octanol–water partition coefficient (Wildman–Crippen LogP) is 4.18. The summed E-state index contributed by atoms with van der Waals surface area (Å²) in [6.07, 6.45) is 4.38. The van der Waals surface area contributed by atoms with Crippen molar-refractivity contribution in [1.29, 1.82) is 0 Å². The smallest absolute Gasteiger partial charge is 0.192 e. The lowest BCUT2D eigenvalue weighted by Crippen LogP contribution is -2.45. The molecule has 0 fully saturated rings. The van der Waals surface area contributed by atoms with Gasteiger partial charge in [0.05, 0.1) is 6.10 Å². The molecule has 3 heteroatoms. The average Bonchev–Trinajstić information content (AvgIpc) is 2.15. The molecule has 0 aliphatic heterocycles. The largest absolute Gasteiger partial charge is 0.413 e. The molecule has 0 saturated carbocycles. The van der Waals surface area contributed by atoms with Gasteiger partial charge >= 0.3 is 0 Å². The van der Waals surface area contributed by atoms with Crippen LogP contribution in [0.3, 0.4) is 0 Å². The Bertz CT molecular complexity index is 253. The van der Waals surface area contributed by atoms with Gasteiger partial charge in [-0.3, -0.25) is 0 Å². The van der Waals surface area contributed by atoms with Crippen molar-refractivity contribution in [2.75, 3.05) is 0 Å². The minimum Gasteiger partial charge on any atom is -0.413 e. The molecule has 0 rings (SSSR count). The molecular formula is C14H28O2Si. The summed E-state index contributed by atoms with van der Waals surface area (Å²) in [5, 5.41) is 0.202. The second-order valence-electron chi connectivity index (χ2n) is 6.32. The first-order valence-electron chi connectivity index (χ1n) is 6.38. The maximum absolute atomic E-state index is 10.6. The standard InChI is InChI=1S/C14H28O2Si/c1-8-9-13(12(2)10-11-15)16-17(6,7)14(3,4)5/h8,11-13H,1,9-10H2,2-7H3/t12-,13-/m0/s1. The van der Waals surface area contributed by atoms with Gasteiger partial charge in [0.25, 0.3) is 0 Å². The summed E-state index contributed by atoms with van der Waals surface area (Å²) in [5.74, 6) is 0.264. The molecule has 0 heterocycles. The van der Waals surface area contributed by atoms with Crippen molar-refractivity contribution in [2.24, 2.45) is 5.92 Å². The Morgan fingerprint density at radius 3 is 2.18 bits per heavy atom. The van der Waals surface area contributed by atoms with Gasteiger partial charge in [0.1, 0.15) is 6.29 Å². The summed E-state index contributed by atoms with van der Waals surface area (Å²) in [4.78, 5) is 10.6. The van der Waals surface area contributed by atoms with Gasteiger partial charge in [0.15, 0.2) is 8.32 Å². The second-order valence-corrected chi connectivity index (χ2v) is 11.1. The molecule has 0 unspecified atom stereocenters. The molecule has 0 aromatic carbocycles. The topological polar surface area (TPSA) is 26.3 Å². The number of aldehydes is 1. The summed E-state index contributed by atoms with van der Waals surface area (Å²) in [6.45, 7) is 17.0. The Morgan fingerprint density at radius 1 is 1.29 bits per heavy atom. The van der Waals surface area contributed by atoms with E-state index in [-0.39, 0.29) is 17.1 Å². The molecule has 0 saturated heterocycles. The SMILES string of the molecule is C=CC[C@H](O[Si](C)(C)C(C)(C)C)[C@@H](C)CC=O. The maximum atomic E-state index is 10.6. The van der Waals surface area contributed by atoms with E-state index in [4.69, 9.17) is 4.43 Å². The van der Waals surface area contributed by atoms with Crippen molar-refractivity contribution in [3.05, 3.63) is 12.7 Å². The number of rotatable bonds is 7. The highest BCUT2D eigenvalue weighted by Gasteiger charge is 2.39. The van der Waals surface area contributed by atoms with E-state index < -0.39 is 8.32 Å². The third-order valence-corrected chi connectivity index (χ3v) is 8.26. The number of hydrogen-bond donors (Lipinski definition) is 0. The van der Waals surface area contributed by atoms with E-state index in [1.807, 2.05) is 6.08 Å². The van der Waals surface area contributed by atoms with Crippen LogP contribution in [0.1, 0.15) is 40.5 Å². The van der Waals surface area contributed by atoms with Crippen molar-refractivity contribution in [1.82, 2.24) is 0 Å². The van der Waals surface area contributed by atoms with Gasteiger partial charge in [-0.15, -0.1) is 6.58 Å². The Balaban J connectivity index is 4.74. The Morgan fingerprint density at radius 2 is 1.82 bits per heavy atom. The van der Waals surface area contributed by atoms with Gasteiger partial charge in [-0.2, -0.15) is 0 Å². The maximum Gasteiger partial charge on any atom is 0.192 e. The van der Waals surface area contributed by atoms with E-state index >= 15 is 0 Å². The van der Waals surface area contributed by atoms with Crippen LogP contribution in [-0.2, 0) is 9.22 Å². The van der Waals surface area contributed by atoms with Crippen LogP contribution in [0.2, 0.25) is 18.1 Å². The van der Waals surface area contributed by atoms with Crippen LogP contribution in [-0.4, -0.2) is 20.7 Å². The van der Waals surface area contributed by atoms with Crippen LogP contribution in [0, 0.1) is 5.92 Å². The molecule has 0 radical (unpaired) electrons. The van der Waals surface area contributed by atoms with E-state index in [2.05, 4.69) is 47.4 Å². The van der Waals surface area contributed by atoms with Crippen LogP contribution in [0.4, 0.5) is 0 Å². The van der Waals surface area contributed by atoms with Crippen LogP contribution in [0.15, 0.2) is 12.7 Å². The normalized spacial score (nSPS) is 16.4. The Labute approximate surface area is 108 Å². The first-order valence-corrected chi connectivity index (χ1v) is 9.29. The van der Waals surface area contributed by atoms with E-state index in [0.29, 0.717) is 6.42 Å². The zero-order valence-electron chi connectivity index (χ0n) is 12.2. The van der Waals surface area contributed by atoms with Gasteiger partial charge in [-0.1, -0.05) is 33.8 Å². The molecule has 2 nitrogen and oxygen atoms in total. The zero-order valence-corrected chi connectivity index (χ0v) is 13.2. The lowest BCUT2D eigenvalue weighted by molar-refractivity contribution is -0.109. The minimum absolute atomic E-state index is 0.124. The number of hydrogen-bond acceptors (Lipinski definition) is 2. The molecule has 0 aliphatic rings. The lowest BCUT2D eigenvalue weighted by atomic mass is 9.99. The molecule has 0 bridgehead atoms. The van der Waals surface area contributed by atoms with Crippen molar-refractivity contribution in [3.63, 3.8) is 0 Å². The third kappa shape index (κ3) is 5.17. The lowest BCUT2D eigenvalue weighted by Gasteiger charge is -2.40. The van der Waals surface area contributed by atoms with Crippen molar-refractivity contribution in [3.8, 4) is 0 Å². The second kappa shape index (κ2) is 6.50. The summed E-state index contributed by atoms with van der Waals surface area (Å²) >= 11 is 0. The highest BCUT2D eigenvalue weighted by Crippen LogP contribution is 2.38. The summed E-state index contributed by atoms with van der Waals surface area (Å²) < 4.78 is 6.37. The monoisotopic (exact) mass is 256 g/mol. The number of carbonyl (C=O) groups is 1. The fraction of sp³-hybridized carbons (Fsp3) is 0.786. The van der Waals surface area contributed by atoms with Crippen molar-refractivity contribution >= 4 is 14.6 Å². The molecule has 0 aliphatic carbocycles. The van der Waals surface area contributed by atoms with Gasteiger partial charge < -0.3 is 9.22 Å². The molecule has 0 spiro atoms. The Kier molecular flexibility index (Phi) is 6.34. The molecule has 0 aromatic rings. The zero-order chi connectivity index (χ0) is 13.7. The van der Waals surface area contributed by atoms with Gasteiger partial charge in [-0.05, 0) is 30.5 Å². The van der Waals surface area contributed by atoms with E-state index in [9.17, 15) is 4.79 Å². The van der Waals surface area contributed by atoms with Gasteiger partial charge in [0, 0.05) is 6.42 Å². The third-order valence-electron chi connectivity index (χ3n) is 3.75. The molecular weight excluding hydrogens is 228 g/mol. The van der Waals surface area contributed by atoms with Crippen molar-refractivity contribution < 1.29 is 9.22 Å². The highest BCUT2D eigenvalue weighted by molar-refractivity contribution is 6.74. The first-order chi connectivity index (χ1) is 7.65. The fourth-order valence-electron chi connectivity index (χ4n) is 1.42. The molecule has 0 N–H and O–H groups in total. The van der Waals surface area contributed by atoms with Crippen LogP contribution >= 0.6 is 0 Å². The van der Waals surface area contributed by atoms with Gasteiger partial charge in [0.2, 0.25) is 0 Å². The quantitative estimate of drug-likeness (QED) is 0.388. The van der Waals surface area contributed by atoms with E-state index in [1.165, 1.54) is 0 Å². The summed E-state index contributed by atoms with van der Waals surface area (Å²) in [6, 6.07) is 0. The summed E-state index contributed by atoms with van der Waals surface area (Å²) in [5.41, 5.74) is 0. The molecule has 100 valence electrons. The Hall–Kier alpha value is -0.413. The molecule has 0 aromatic heterocycles. The van der Waals surface area contributed by atoms with Crippen LogP contribution in [0.25, 0.3) is 0 Å².